The normalized spacial score (nSPS) is 14.5. The first-order chi connectivity index (χ1) is 18.2. The van der Waals surface area contributed by atoms with E-state index < -0.39 is 5.60 Å². The van der Waals surface area contributed by atoms with Crippen molar-refractivity contribution in [3.8, 4) is 16.9 Å². The predicted octanol–water partition coefficient (Wildman–Crippen LogP) is 5.96. The molecule has 0 saturated carbocycles. The van der Waals surface area contributed by atoms with Gasteiger partial charge in [-0.25, -0.2) is 19.2 Å². The molecule has 0 spiro atoms. The Balaban J connectivity index is 1.32. The fourth-order valence-electron chi connectivity index (χ4n) is 4.61. The van der Waals surface area contributed by atoms with Gasteiger partial charge in [0.15, 0.2) is 0 Å². The molecule has 1 amide bonds. The molecular formula is C28H31FN6O3. The average molecular weight is 519 g/mol. The number of rotatable bonds is 5. The van der Waals surface area contributed by atoms with Crippen molar-refractivity contribution in [1.82, 2.24) is 24.6 Å². The largest absolute Gasteiger partial charge is 0.496 e. The first kappa shape index (κ1) is 25.4. The standard InChI is InChI=1S/C28H31FN6O3/c1-28(2,3)38-27(36)34-11-9-21(10-12-34)35-17-20(16-31-35)32-26-30-15-18-13-19(29)14-23(25(18)33-26)22-7-5-6-8-24(22)37-4/h5-8,13-17,21H,9-12H2,1-4H3,(H,30,32,33). The van der Waals surface area contributed by atoms with Gasteiger partial charge in [-0.3, -0.25) is 4.68 Å². The molecule has 1 aliphatic heterocycles. The molecule has 1 aliphatic rings. The number of likely N-dealkylation sites (tertiary alicyclic amines) is 1. The van der Waals surface area contributed by atoms with Crippen LogP contribution in [0.15, 0.2) is 55.0 Å². The maximum Gasteiger partial charge on any atom is 0.410 e. The molecule has 38 heavy (non-hydrogen) atoms. The molecule has 4 aromatic rings. The third kappa shape index (κ3) is 5.53. The van der Waals surface area contributed by atoms with Crippen LogP contribution in [0.1, 0.15) is 39.7 Å². The van der Waals surface area contributed by atoms with Crippen molar-refractivity contribution in [2.24, 2.45) is 0 Å². The van der Waals surface area contributed by atoms with Crippen LogP contribution in [0.25, 0.3) is 22.0 Å². The van der Waals surface area contributed by atoms with Gasteiger partial charge in [-0.15, -0.1) is 0 Å². The van der Waals surface area contributed by atoms with Gasteiger partial charge < -0.3 is 19.7 Å². The molecule has 0 unspecified atom stereocenters. The summed E-state index contributed by atoms with van der Waals surface area (Å²) in [6.07, 6.45) is 6.51. The zero-order chi connectivity index (χ0) is 26.9. The summed E-state index contributed by atoms with van der Waals surface area (Å²) in [5, 5.41) is 8.33. The zero-order valence-corrected chi connectivity index (χ0v) is 21.9. The third-order valence-electron chi connectivity index (χ3n) is 6.39. The minimum atomic E-state index is -0.511. The molecule has 0 atom stereocenters. The molecule has 0 radical (unpaired) electrons. The number of ether oxygens (including phenoxy) is 2. The Kier molecular flexibility index (Phi) is 6.88. The highest BCUT2D eigenvalue weighted by Gasteiger charge is 2.28. The van der Waals surface area contributed by atoms with Crippen molar-refractivity contribution >= 4 is 28.6 Å². The quantitative estimate of drug-likeness (QED) is 0.349. The second-order valence-electron chi connectivity index (χ2n) is 10.3. The summed E-state index contributed by atoms with van der Waals surface area (Å²) in [5.41, 5.74) is 2.20. The smallest absolute Gasteiger partial charge is 0.410 e. The van der Waals surface area contributed by atoms with E-state index in [-0.39, 0.29) is 18.0 Å². The SMILES string of the molecule is COc1ccccc1-c1cc(F)cc2cnc(Nc3cnn(C4CCN(C(=O)OC(C)(C)C)CC4)c3)nc12. The molecule has 9 nitrogen and oxygen atoms in total. The molecule has 198 valence electrons. The van der Waals surface area contributed by atoms with Crippen LogP contribution in [0.5, 0.6) is 5.75 Å². The van der Waals surface area contributed by atoms with Crippen LogP contribution in [-0.4, -0.2) is 56.5 Å². The lowest BCUT2D eigenvalue weighted by molar-refractivity contribution is 0.0185. The highest BCUT2D eigenvalue weighted by atomic mass is 19.1. The summed E-state index contributed by atoms with van der Waals surface area (Å²) in [6.45, 7) is 6.82. The van der Waals surface area contributed by atoms with Crippen molar-refractivity contribution in [3.05, 3.63) is 60.8 Å². The number of amides is 1. The van der Waals surface area contributed by atoms with Crippen molar-refractivity contribution in [2.75, 3.05) is 25.5 Å². The molecule has 0 aliphatic carbocycles. The summed E-state index contributed by atoms with van der Waals surface area (Å²) in [6, 6.07) is 10.5. The number of nitrogens with one attached hydrogen (secondary N) is 1. The number of carbonyl (C=O) groups excluding carboxylic acids is 1. The maximum atomic E-state index is 14.4. The molecule has 1 saturated heterocycles. The van der Waals surface area contributed by atoms with Gasteiger partial charge in [-0.2, -0.15) is 5.10 Å². The van der Waals surface area contributed by atoms with Crippen LogP contribution in [-0.2, 0) is 4.74 Å². The summed E-state index contributed by atoms with van der Waals surface area (Å²) in [5.74, 6) is 0.632. The van der Waals surface area contributed by atoms with E-state index in [2.05, 4.69) is 15.4 Å². The van der Waals surface area contributed by atoms with Crippen LogP contribution >= 0.6 is 0 Å². The van der Waals surface area contributed by atoms with Gasteiger partial charge in [0.2, 0.25) is 5.95 Å². The Hall–Kier alpha value is -4.21. The molecule has 2 aromatic carbocycles. The molecule has 10 heteroatoms. The first-order valence-corrected chi connectivity index (χ1v) is 12.6. The zero-order valence-electron chi connectivity index (χ0n) is 21.9. The number of carbonyl (C=O) groups is 1. The Morgan fingerprint density at radius 1 is 1.11 bits per heavy atom. The van der Waals surface area contributed by atoms with E-state index >= 15 is 0 Å². The number of para-hydroxylation sites is 1. The molecule has 2 aromatic heterocycles. The maximum absolute atomic E-state index is 14.4. The Labute approximate surface area is 220 Å². The molecule has 0 bridgehead atoms. The van der Waals surface area contributed by atoms with Crippen molar-refractivity contribution in [2.45, 2.75) is 45.3 Å². The fraction of sp³-hybridized carbons (Fsp3) is 0.357. The van der Waals surface area contributed by atoms with E-state index in [0.717, 1.165) is 24.1 Å². The van der Waals surface area contributed by atoms with Crippen molar-refractivity contribution in [1.29, 1.82) is 0 Å². The van der Waals surface area contributed by atoms with Gasteiger partial charge in [0.05, 0.1) is 30.6 Å². The number of aromatic nitrogens is 4. The summed E-state index contributed by atoms with van der Waals surface area (Å²) in [4.78, 5) is 23.2. The lowest BCUT2D eigenvalue weighted by Crippen LogP contribution is -2.42. The van der Waals surface area contributed by atoms with Gasteiger partial charge in [0.1, 0.15) is 17.2 Å². The van der Waals surface area contributed by atoms with Crippen LogP contribution in [0.4, 0.5) is 20.8 Å². The monoisotopic (exact) mass is 518 g/mol. The molecule has 3 heterocycles. The molecule has 1 fully saturated rings. The van der Waals surface area contributed by atoms with E-state index in [0.29, 0.717) is 41.3 Å². The van der Waals surface area contributed by atoms with Gasteiger partial charge in [0.25, 0.3) is 0 Å². The average Bonchev–Trinajstić information content (AvgIpc) is 3.36. The molecular weight excluding hydrogens is 487 g/mol. The number of fused-ring (bicyclic) bond motifs is 1. The highest BCUT2D eigenvalue weighted by molar-refractivity contribution is 5.95. The van der Waals surface area contributed by atoms with Crippen molar-refractivity contribution < 1.29 is 18.7 Å². The number of piperidine rings is 1. The number of anilines is 2. The van der Waals surface area contributed by atoms with Crippen LogP contribution in [0.3, 0.4) is 0 Å². The lowest BCUT2D eigenvalue weighted by Gasteiger charge is -2.33. The fourth-order valence-corrected chi connectivity index (χ4v) is 4.61. The van der Waals surface area contributed by atoms with Gasteiger partial charge in [-0.1, -0.05) is 18.2 Å². The Morgan fingerprint density at radius 2 is 1.87 bits per heavy atom. The van der Waals surface area contributed by atoms with E-state index in [4.69, 9.17) is 14.5 Å². The summed E-state index contributed by atoms with van der Waals surface area (Å²) < 4.78 is 27.3. The predicted molar refractivity (Wildman–Crippen MR) is 143 cm³/mol. The first-order valence-electron chi connectivity index (χ1n) is 12.6. The molecule has 1 N–H and O–H groups in total. The number of hydrogen-bond acceptors (Lipinski definition) is 7. The number of benzene rings is 2. The minimum Gasteiger partial charge on any atom is -0.496 e. The third-order valence-corrected chi connectivity index (χ3v) is 6.39. The summed E-state index contributed by atoms with van der Waals surface area (Å²) in [7, 11) is 1.58. The van der Waals surface area contributed by atoms with E-state index in [1.807, 2.05) is 55.9 Å². The Morgan fingerprint density at radius 3 is 2.61 bits per heavy atom. The Bertz CT molecular complexity index is 1460. The number of hydrogen-bond donors (Lipinski definition) is 1. The van der Waals surface area contributed by atoms with Gasteiger partial charge in [-0.05, 0) is 51.8 Å². The second-order valence-corrected chi connectivity index (χ2v) is 10.3. The van der Waals surface area contributed by atoms with Gasteiger partial charge >= 0.3 is 6.09 Å². The van der Waals surface area contributed by atoms with Crippen molar-refractivity contribution in [3.63, 3.8) is 0 Å². The second kappa shape index (κ2) is 10.3. The lowest BCUT2D eigenvalue weighted by atomic mass is 10.0. The molecule has 5 rings (SSSR count). The van der Waals surface area contributed by atoms with Crippen LogP contribution in [0, 0.1) is 5.82 Å². The number of nitrogens with zero attached hydrogens (tertiary/aromatic N) is 5. The number of methoxy groups -OCH3 is 1. The minimum absolute atomic E-state index is 0.168. The summed E-state index contributed by atoms with van der Waals surface area (Å²) >= 11 is 0. The number of halogens is 1. The van der Waals surface area contributed by atoms with E-state index in [9.17, 15) is 9.18 Å². The van der Waals surface area contributed by atoms with Crippen LogP contribution < -0.4 is 10.1 Å². The van der Waals surface area contributed by atoms with Gasteiger partial charge in [0, 0.05) is 42.0 Å². The van der Waals surface area contributed by atoms with E-state index in [1.165, 1.54) is 12.1 Å². The topological polar surface area (TPSA) is 94.4 Å². The van der Waals surface area contributed by atoms with E-state index in [1.54, 1.807) is 24.4 Å². The van der Waals surface area contributed by atoms with Crippen LogP contribution in [0.2, 0.25) is 0 Å². The highest BCUT2D eigenvalue weighted by Crippen LogP contribution is 2.35.